The van der Waals surface area contributed by atoms with Crippen LogP contribution in [0.15, 0.2) is 24.5 Å². The normalized spacial score (nSPS) is 10.2. The van der Waals surface area contributed by atoms with Crippen molar-refractivity contribution in [2.45, 2.75) is 20.3 Å². The fourth-order valence-corrected chi connectivity index (χ4v) is 1.58. The first-order chi connectivity index (χ1) is 8.22. The topological polar surface area (TPSA) is 70.7 Å². The van der Waals surface area contributed by atoms with E-state index in [0.29, 0.717) is 11.5 Å². The molecular formula is C12H14N4O. The van der Waals surface area contributed by atoms with Crippen LogP contribution in [0.3, 0.4) is 0 Å². The van der Waals surface area contributed by atoms with E-state index in [9.17, 15) is 4.79 Å². The van der Waals surface area contributed by atoms with Gasteiger partial charge in [0.15, 0.2) is 0 Å². The van der Waals surface area contributed by atoms with Crippen molar-refractivity contribution in [1.29, 1.82) is 0 Å². The van der Waals surface area contributed by atoms with Crippen molar-refractivity contribution in [2.75, 3.05) is 5.32 Å². The summed E-state index contributed by atoms with van der Waals surface area (Å²) >= 11 is 0. The van der Waals surface area contributed by atoms with E-state index in [1.165, 1.54) is 0 Å². The third-order valence-corrected chi connectivity index (χ3v) is 2.56. The Balaban J connectivity index is 2.20. The highest BCUT2D eigenvalue weighted by Gasteiger charge is 2.12. The summed E-state index contributed by atoms with van der Waals surface area (Å²) in [6, 6.07) is 3.66. The first kappa shape index (κ1) is 11.3. The molecule has 0 aliphatic carbocycles. The summed E-state index contributed by atoms with van der Waals surface area (Å²) in [5, 5.41) is 9.45. The lowest BCUT2D eigenvalue weighted by Crippen LogP contribution is -2.16. The van der Waals surface area contributed by atoms with Gasteiger partial charge in [0.2, 0.25) is 0 Å². The second-order valence-electron chi connectivity index (χ2n) is 3.75. The third kappa shape index (κ3) is 2.33. The van der Waals surface area contributed by atoms with Gasteiger partial charge in [-0.3, -0.25) is 14.9 Å². The Morgan fingerprint density at radius 2 is 2.35 bits per heavy atom. The van der Waals surface area contributed by atoms with Gasteiger partial charge < -0.3 is 5.32 Å². The van der Waals surface area contributed by atoms with E-state index in [2.05, 4.69) is 20.5 Å². The molecule has 5 heteroatoms. The number of anilines is 1. The Morgan fingerprint density at radius 1 is 1.53 bits per heavy atom. The minimum absolute atomic E-state index is 0.220. The number of carbonyl (C=O) groups excluding carboxylic acids is 1. The Kier molecular flexibility index (Phi) is 3.18. The number of hydrogen-bond acceptors (Lipinski definition) is 3. The highest BCUT2D eigenvalue weighted by Crippen LogP contribution is 2.13. The molecule has 2 N–H and O–H groups in total. The summed E-state index contributed by atoms with van der Waals surface area (Å²) in [6.07, 6.45) is 4.13. The molecule has 2 aromatic rings. The molecule has 2 heterocycles. The van der Waals surface area contributed by atoms with Gasteiger partial charge in [-0.15, -0.1) is 0 Å². The number of pyridine rings is 1. The quantitative estimate of drug-likeness (QED) is 0.846. The Morgan fingerprint density at radius 3 is 3.06 bits per heavy atom. The van der Waals surface area contributed by atoms with Crippen molar-refractivity contribution < 1.29 is 4.79 Å². The van der Waals surface area contributed by atoms with Crippen LogP contribution in [-0.4, -0.2) is 21.1 Å². The van der Waals surface area contributed by atoms with Gasteiger partial charge in [0.25, 0.3) is 5.91 Å². The standard InChI is InChI=1S/C12H14N4O/c1-3-9-7-14-16-11(9)15-12(17)10-8(2)5-4-6-13-10/h4-7H,3H2,1-2H3,(H2,14,15,16,17). The second-order valence-corrected chi connectivity index (χ2v) is 3.75. The maximum atomic E-state index is 12.0. The molecule has 17 heavy (non-hydrogen) atoms. The van der Waals surface area contributed by atoms with Crippen LogP contribution in [-0.2, 0) is 6.42 Å². The fraction of sp³-hybridized carbons (Fsp3) is 0.250. The van der Waals surface area contributed by atoms with E-state index in [1.54, 1.807) is 18.5 Å². The Bertz CT molecular complexity index is 533. The number of nitrogens with one attached hydrogen (secondary N) is 2. The molecule has 0 fully saturated rings. The van der Waals surface area contributed by atoms with Crippen molar-refractivity contribution in [2.24, 2.45) is 0 Å². The average Bonchev–Trinajstić information content (AvgIpc) is 2.76. The Hall–Kier alpha value is -2.17. The smallest absolute Gasteiger partial charge is 0.275 e. The minimum atomic E-state index is -0.220. The largest absolute Gasteiger partial charge is 0.305 e. The van der Waals surface area contributed by atoms with Crippen molar-refractivity contribution in [3.8, 4) is 0 Å². The number of carbonyl (C=O) groups is 1. The van der Waals surface area contributed by atoms with Crippen LogP contribution >= 0.6 is 0 Å². The summed E-state index contributed by atoms with van der Waals surface area (Å²) in [4.78, 5) is 16.0. The molecular weight excluding hydrogens is 216 g/mol. The highest BCUT2D eigenvalue weighted by atomic mass is 16.2. The van der Waals surface area contributed by atoms with Crippen molar-refractivity contribution in [3.63, 3.8) is 0 Å². The molecule has 0 atom stereocenters. The first-order valence-corrected chi connectivity index (χ1v) is 5.47. The molecule has 0 aliphatic rings. The molecule has 5 nitrogen and oxygen atoms in total. The van der Waals surface area contributed by atoms with Gasteiger partial charge in [-0.25, -0.2) is 0 Å². The molecule has 88 valence electrons. The van der Waals surface area contributed by atoms with Gasteiger partial charge >= 0.3 is 0 Å². The average molecular weight is 230 g/mol. The van der Waals surface area contributed by atoms with Crippen LogP contribution in [0.2, 0.25) is 0 Å². The zero-order chi connectivity index (χ0) is 12.3. The predicted octanol–water partition coefficient (Wildman–Crippen LogP) is 1.93. The molecule has 1 amide bonds. The highest BCUT2D eigenvalue weighted by molar-refractivity contribution is 6.03. The summed E-state index contributed by atoms with van der Waals surface area (Å²) in [6.45, 7) is 3.86. The van der Waals surface area contributed by atoms with Crippen LogP contribution in [0.5, 0.6) is 0 Å². The van der Waals surface area contributed by atoms with Crippen molar-refractivity contribution >= 4 is 11.7 Å². The van der Waals surface area contributed by atoms with E-state index < -0.39 is 0 Å². The summed E-state index contributed by atoms with van der Waals surface area (Å²) < 4.78 is 0. The minimum Gasteiger partial charge on any atom is -0.305 e. The number of amides is 1. The Labute approximate surface area is 99.3 Å². The van der Waals surface area contributed by atoms with Crippen LogP contribution in [0.4, 0.5) is 5.82 Å². The SMILES string of the molecule is CCc1cn[nH]c1NC(=O)c1ncccc1C. The van der Waals surface area contributed by atoms with Crippen LogP contribution in [0.25, 0.3) is 0 Å². The number of aromatic nitrogens is 3. The third-order valence-electron chi connectivity index (χ3n) is 2.56. The number of nitrogens with zero attached hydrogens (tertiary/aromatic N) is 2. The lowest BCUT2D eigenvalue weighted by molar-refractivity contribution is 0.102. The molecule has 0 bridgehead atoms. The molecule has 0 aromatic carbocycles. The number of hydrogen-bond donors (Lipinski definition) is 2. The number of aromatic amines is 1. The lowest BCUT2D eigenvalue weighted by Gasteiger charge is -2.05. The van der Waals surface area contributed by atoms with Crippen molar-refractivity contribution in [3.05, 3.63) is 41.3 Å². The molecule has 0 saturated heterocycles. The van der Waals surface area contributed by atoms with E-state index in [4.69, 9.17) is 0 Å². The van der Waals surface area contributed by atoms with Gasteiger partial charge in [0.1, 0.15) is 11.5 Å². The van der Waals surface area contributed by atoms with E-state index in [-0.39, 0.29) is 5.91 Å². The van der Waals surface area contributed by atoms with E-state index in [1.807, 2.05) is 19.9 Å². The number of rotatable bonds is 3. The zero-order valence-corrected chi connectivity index (χ0v) is 9.82. The van der Waals surface area contributed by atoms with Crippen LogP contribution in [0.1, 0.15) is 28.5 Å². The monoisotopic (exact) mass is 230 g/mol. The van der Waals surface area contributed by atoms with E-state index >= 15 is 0 Å². The molecule has 2 aromatic heterocycles. The summed E-state index contributed by atoms with van der Waals surface area (Å²) in [5.41, 5.74) is 2.26. The molecule has 0 saturated carbocycles. The summed E-state index contributed by atoms with van der Waals surface area (Å²) in [7, 11) is 0. The molecule has 0 unspecified atom stereocenters. The van der Waals surface area contributed by atoms with Gasteiger partial charge in [0, 0.05) is 11.8 Å². The van der Waals surface area contributed by atoms with Crippen LogP contribution < -0.4 is 5.32 Å². The molecule has 0 spiro atoms. The number of aryl methyl sites for hydroxylation is 2. The zero-order valence-electron chi connectivity index (χ0n) is 9.82. The van der Waals surface area contributed by atoms with Crippen LogP contribution in [0, 0.1) is 6.92 Å². The summed E-state index contributed by atoms with van der Waals surface area (Å²) in [5.74, 6) is 0.421. The van der Waals surface area contributed by atoms with Crippen molar-refractivity contribution in [1.82, 2.24) is 15.2 Å². The molecule has 0 radical (unpaired) electrons. The van der Waals surface area contributed by atoms with Gasteiger partial charge in [-0.1, -0.05) is 13.0 Å². The second kappa shape index (κ2) is 4.78. The fourth-order valence-electron chi connectivity index (χ4n) is 1.58. The van der Waals surface area contributed by atoms with E-state index in [0.717, 1.165) is 17.5 Å². The van der Waals surface area contributed by atoms with Gasteiger partial charge in [-0.05, 0) is 25.0 Å². The lowest BCUT2D eigenvalue weighted by atomic mass is 10.2. The van der Waals surface area contributed by atoms with Gasteiger partial charge in [0.05, 0.1) is 6.20 Å². The number of H-pyrrole nitrogens is 1. The maximum Gasteiger partial charge on any atom is 0.275 e. The first-order valence-electron chi connectivity index (χ1n) is 5.47. The molecule has 2 rings (SSSR count). The maximum absolute atomic E-state index is 12.0. The van der Waals surface area contributed by atoms with Gasteiger partial charge in [-0.2, -0.15) is 5.10 Å². The molecule has 0 aliphatic heterocycles. The predicted molar refractivity (Wildman–Crippen MR) is 64.9 cm³/mol.